The monoisotopic (exact) mass is 773 g/mol. The maximum absolute atomic E-state index is 7.83. The molecule has 0 aliphatic rings. The van der Waals surface area contributed by atoms with E-state index in [1.807, 2.05) is 85.1 Å². The summed E-state index contributed by atoms with van der Waals surface area (Å²) in [6.07, 6.45) is 3.13. The van der Waals surface area contributed by atoms with Gasteiger partial charge in [-0.1, -0.05) is 96.8 Å². The number of aromatic nitrogens is 2. The molecule has 0 atom stereocenters. The molecule has 0 aliphatic heterocycles. The average molecular weight is 773 g/mol. The molecule has 221 valence electrons. The van der Waals surface area contributed by atoms with Crippen molar-refractivity contribution in [3.8, 4) is 33.6 Å². The number of rotatable bonds is 4. The first-order chi connectivity index (χ1) is 23.2. The first kappa shape index (κ1) is 24.2. The molecule has 7 aromatic rings. The summed E-state index contributed by atoms with van der Waals surface area (Å²) in [5, 5.41) is 3.15. The van der Waals surface area contributed by atoms with E-state index in [9.17, 15) is 0 Å². The van der Waals surface area contributed by atoms with Crippen molar-refractivity contribution in [2.45, 2.75) is 33.3 Å². The van der Waals surface area contributed by atoms with Crippen LogP contribution in [0.4, 0.5) is 0 Å². The maximum atomic E-state index is 7.83. The summed E-state index contributed by atoms with van der Waals surface area (Å²) in [5.74, 6) is 0. The van der Waals surface area contributed by atoms with Crippen molar-refractivity contribution in [1.82, 2.24) is 9.97 Å². The van der Waals surface area contributed by atoms with Gasteiger partial charge in [-0.05, 0) is 53.0 Å². The molecule has 0 aliphatic carbocycles. The molecule has 1 radical (unpaired) electrons. The Balaban J connectivity index is 0.000000241. The van der Waals surface area contributed by atoms with E-state index in [4.69, 9.17) is 12.6 Å². The Kier molecular flexibility index (Phi) is 7.28. The Morgan fingerprint density at radius 2 is 1.48 bits per heavy atom. The fourth-order valence-corrected chi connectivity index (χ4v) is 5.92. The largest absolute Gasteiger partial charge is 0.501 e. The number of furan rings is 1. The fraction of sp³-hybridized carbons (Fsp3) is 0.128. The van der Waals surface area contributed by atoms with Gasteiger partial charge in [-0.2, -0.15) is 0 Å². The average Bonchev–Trinajstić information content (AvgIpc) is 3.46. The van der Waals surface area contributed by atoms with E-state index in [1.54, 1.807) is 6.07 Å². The Morgan fingerprint density at radius 3 is 2.18 bits per heavy atom. The van der Waals surface area contributed by atoms with E-state index in [-0.39, 0.29) is 31.2 Å². The first-order valence-corrected chi connectivity index (χ1v) is 17.6. The van der Waals surface area contributed by atoms with E-state index in [0.29, 0.717) is 22.4 Å². The Labute approximate surface area is 282 Å². The number of pyridine rings is 2. The zero-order valence-electron chi connectivity index (χ0n) is 30.6. The third-order valence-electron chi connectivity index (χ3n) is 7.31. The van der Waals surface area contributed by atoms with Crippen LogP contribution in [0.25, 0.3) is 55.6 Å². The van der Waals surface area contributed by atoms with Crippen molar-refractivity contribution < 1.29 is 32.7 Å². The third kappa shape index (κ3) is 6.66. The first-order valence-electron chi connectivity index (χ1n) is 17.1. The minimum atomic E-state index is -2.60. The summed E-state index contributed by atoms with van der Waals surface area (Å²) in [4.78, 5) is 8.79. The molecule has 4 aromatic carbocycles. The van der Waals surface area contributed by atoms with Gasteiger partial charge in [-0.3, -0.25) is 0 Å². The molecule has 0 bridgehead atoms. The van der Waals surface area contributed by atoms with Crippen LogP contribution in [0, 0.1) is 25.8 Å². The minimum absolute atomic E-state index is 0. The molecule has 3 nitrogen and oxygen atoms in total. The molecule has 0 N–H and O–H groups in total. The number of benzene rings is 4. The minimum Gasteiger partial charge on any atom is -0.501 e. The van der Waals surface area contributed by atoms with Gasteiger partial charge in [0.05, 0.1) is 13.7 Å². The van der Waals surface area contributed by atoms with E-state index >= 15 is 0 Å². The van der Waals surface area contributed by atoms with Crippen LogP contribution in [0.15, 0.2) is 120 Å². The fourth-order valence-electron chi connectivity index (χ4n) is 4.88. The smallest absolute Gasteiger partial charge is 0.121 e. The molecule has 5 heteroatoms. The van der Waals surface area contributed by atoms with Gasteiger partial charge >= 0.3 is 0 Å². The molecular weight excluding hydrogens is 733 g/mol. The molecule has 0 saturated carbocycles. The molecule has 0 saturated heterocycles. The predicted molar refractivity (Wildman–Crippen MR) is 182 cm³/mol. The number of hydrogen-bond donors (Lipinski definition) is 0. The summed E-state index contributed by atoms with van der Waals surface area (Å²) < 4.78 is 52.7. The zero-order valence-corrected chi connectivity index (χ0v) is 28.0. The Hall–Kier alpha value is -4.15. The summed E-state index contributed by atoms with van der Waals surface area (Å²) >= 11 is 0. The van der Waals surface area contributed by atoms with Crippen molar-refractivity contribution in [3.63, 3.8) is 0 Å². The van der Waals surface area contributed by atoms with Crippen molar-refractivity contribution in [2.75, 3.05) is 0 Å². The van der Waals surface area contributed by atoms with Crippen LogP contribution in [0.5, 0.6) is 0 Å². The molecule has 0 unspecified atom stereocenters. The maximum Gasteiger partial charge on any atom is 0.121 e. The van der Waals surface area contributed by atoms with Gasteiger partial charge in [-0.15, -0.1) is 54.1 Å². The van der Waals surface area contributed by atoms with Crippen molar-refractivity contribution in [2.24, 2.45) is 0 Å². The van der Waals surface area contributed by atoms with E-state index in [2.05, 4.69) is 53.9 Å². The van der Waals surface area contributed by atoms with Gasteiger partial charge in [0, 0.05) is 46.1 Å². The van der Waals surface area contributed by atoms with Crippen LogP contribution < -0.4 is 5.19 Å². The topological polar surface area (TPSA) is 38.9 Å². The molecule has 3 heterocycles. The van der Waals surface area contributed by atoms with E-state index < -0.39 is 21.8 Å². The molecule has 44 heavy (non-hydrogen) atoms. The summed E-state index contributed by atoms with van der Waals surface area (Å²) in [6, 6.07) is 39.4. The Bertz CT molecular complexity index is 2230. The van der Waals surface area contributed by atoms with Gasteiger partial charge < -0.3 is 14.4 Å². The molecule has 0 spiro atoms. The van der Waals surface area contributed by atoms with Crippen LogP contribution in [0.2, 0.25) is 19.6 Å². The normalized spacial score (nSPS) is 13.7. The van der Waals surface area contributed by atoms with Gasteiger partial charge in [0.25, 0.3) is 0 Å². The van der Waals surface area contributed by atoms with Crippen LogP contribution in [0.3, 0.4) is 0 Å². The molecular formula is C39H34IrN2OSi-2. The third-order valence-corrected chi connectivity index (χ3v) is 9.34. The van der Waals surface area contributed by atoms with Crippen molar-refractivity contribution >= 4 is 35.2 Å². The second-order valence-corrected chi connectivity index (χ2v) is 16.4. The molecule has 0 amide bonds. The Morgan fingerprint density at radius 1 is 0.682 bits per heavy atom. The van der Waals surface area contributed by atoms with Crippen LogP contribution >= 0.6 is 0 Å². The molecule has 7 rings (SSSR count). The number of nitrogens with zero attached hydrogens (tertiary/aromatic N) is 2. The SMILES string of the molecule is C[Si](C)(C)c1ccc(-c2[c-]cccc2)nc1.[2H]C([2H])([2H])c1cnc(-c2[c-]ccc3c2oc2cc(-c4ccccc4)ccc23)cc1C([2H])([2H])[2H].[Ir]. The van der Waals surface area contributed by atoms with Crippen LogP contribution in [0.1, 0.15) is 19.4 Å². The zero-order chi connectivity index (χ0) is 35.0. The predicted octanol–water partition coefficient (Wildman–Crippen LogP) is 9.82. The standard InChI is InChI=1S/C25H18NO.C14H16NSi.Ir/c1-16-13-23(26-15-17(16)2)22-10-6-9-21-20-12-11-19(14-24(20)27-25(21)22)18-7-4-3-5-8-18;1-16(2,3)13-9-10-14(15-11-13)12-7-5-4-6-8-12;/h3-9,11-15H,1-2H3;4-7,9-11H,1-3H3;/q2*-1;/i1D3,2D3;;. The van der Waals surface area contributed by atoms with Gasteiger partial charge in [-0.25, -0.2) is 0 Å². The van der Waals surface area contributed by atoms with Crippen molar-refractivity contribution in [1.29, 1.82) is 0 Å². The van der Waals surface area contributed by atoms with Gasteiger partial charge in [0.1, 0.15) is 5.58 Å². The molecule has 0 fully saturated rings. The van der Waals surface area contributed by atoms with Gasteiger partial charge in [0.2, 0.25) is 0 Å². The van der Waals surface area contributed by atoms with Crippen molar-refractivity contribution in [3.05, 3.63) is 139 Å². The second kappa shape index (κ2) is 13.2. The van der Waals surface area contributed by atoms with Crippen LogP contribution in [-0.2, 0) is 20.1 Å². The van der Waals surface area contributed by atoms with Crippen LogP contribution in [-0.4, -0.2) is 18.0 Å². The summed E-state index contributed by atoms with van der Waals surface area (Å²) in [5.41, 5.74) is 5.58. The molecule has 3 aromatic heterocycles. The summed E-state index contributed by atoms with van der Waals surface area (Å²) in [7, 11) is -1.23. The second-order valence-electron chi connectivity index (χ2n) is 11.3. The van der Waals surface area contributed by atoms with Gasteiger partial charge in [0.15, 0.2) is 0 Å². The van der Waals surface area contributed by atoms with E-state index in [1.165, 1.54) is 11.3 Å². The van der Waals surface area contributed by atoms with E-state index in [0.717, 1.165) is 39.4 Å². The summed E-state index contributed by atoms with van der Waals surface area (Å²) in [6.45, 7) is 1.81. The number of fused-ring (bicyclic) bond motifs is 3. The number of hydrogen-bond acceptors (Lipinski definition) is 3. The number of aryl methyl sites for hydroxylation is 2. The quantitative estimate of drug-likeness (QED) is 0.132.